The van der Waals surface area contributed by atoms with Crippen LogP contribution in [0.15, 0.2) is 18.2 Å². The lowest BCUT2D eigenvalue weighted by Gasteiger charge is -2.31. The molecular formula is C14H19NO3. The summed E-state index contributed by atoms with van der Waals surface area (Å²) in [7, 11) is 1.47. The lowest BCUT2D eigenvalue weighted by atomic mass is 9.80. The average molecular weight is 249 g/mol. The molecule has 1 unspecified atom stereocenters. The van der Waals surface area contributed by atoms with Crippen LogP contribution in [0.5, 0.6) is 11.5 Å². The maximum atomic E-state index is 12.1. The third-order valence-electron chi connectivity index (χ3n) is 3.68. The summed E-state index contributed by atoms with van der Waals surface area (Å²) in [6.07, 6.45) is 3.59. The highest BCUT2D eigenvalue weighted by Crippen LogP contribution is 2.31. The van der Waals surface area contributed by atoms with Crippen LogP contribution < -0.4 is 10.1 Å². The number of carbonyl (C=O) groups excluding carboxylic acids is 1. The minimum atomic E-state index is -0.245. The standard InChI is InChI=1S/C14H19NO3/c1-9(10-5-3-6-10)15-14(17)11-7-4-8-12(18-2)13(11)16/h4,7-10,16H,3,5-6H2,1-2H3,(H,15,17). The highest BCUT2D eigenvalue weighted by Gasteiger charge is 2.26. The van der Waals surface area contributed by atoms with E-state index in [0.717, 1.165) is 0 Å². The fourth-order valence-electron chi connectivity index (χ4n) is 2.21. The van der Waals surface area contributed by atoms with Gasteiger partial charge in [0, 0.05) is 6.04 Å². The van der Waals surface area contributed by atoms with Gasteiger partial charge in [0.25, 0.3) is 5.91 Å². The Morgan fingerprint density at radius 2 is 2.22 bits per heavy atom. The van der Waals surface area contributed by atoms with Gasteiger partial charge in [0.1, 0.15) is 0 Å². The van der Waals surface area contributed by atoms with E-state index in [9.17, 15) is 9.90 Å². The van der Waals surface area contributed by atoms with Crippen molar-refractivity contribution in [3.05, 3.63) is 23.8 Å². The van der Waals surface area contributed by atoms with Gasteiger partial charge in [-0.05, 0) is 37.8 Å². The molecule has 0 aromatic heterocycles. The van der Waals surface area contributed by atoms with E-state index in [1.54, 1.807) is 18.2 Å². The van der Waals surface area contributed by atoms with Gasteiger partial charge in [0.2, 0.25) is 0 Å². The third kappa shape index (κ3) is 2.42. The van der Waals surface area contributed by atoms with Crippen molar-refractivity contribution < 1.29 is 14.6 Å². The first-order valence-corrected chi connectivity index (χ1v) is 6.30. The smallest absolute Gasteiger partial charge is 0.255 e. The van der Waals surface area contributed by atoms with Gasteiger partial charge in [0.05, 0.1) is 12.7 Å². The van der Waals surface area contributed by atoms with Crippen molar-refractivity contribution in [3.63, 3.8) is 0 Å². The summed E-state index contributed by atoms with van der Waals surface area (Å²) in [5.41, 5.74) is 0.264. The second-order valence-corrected chi connectivity index (χ2v) is 4.81. The second kappa shape index (κ2) is 5.29. The summed E-state index contributed by atoms with van der Waals surface area (Å²) in [4.78, 5) is 12.1. The first-order valence-electron chi connectivity index (χ1n) is 6.30. The van der Waals surface area contributed by atoms with Gasteiger partial charge in [-0.15, -0.1) is 0 Å². The van der Waals surface area contributed by atoms with E-state index in [1.165, 1.54) is 26.4 Å². The summed E-state index contributed by atoms with van der Waals surface area (Å²) in [6, 6.07) is 5.07. The monoisotopic (exact) mass is 249 g/mol. The van der Waals surface area contributed by atoms with Gasteiger partial charge >= 0.3 is 0 Å². The minimum Gasteiger partial charge on any atom is -0.504 e. The summed E-state index contributed by atoms with van der Waals surface area (Å²) in [5.74, 6) is 0.546. The Morgan fingerprint density at radius 3 is 2.78 bits per heavy atom. The Balaban J connectivity index is 2.08. The van der Waals surface area contributed by atoms with Crippen LogP contribution in [0.3, 0.4) is 0 Å². The van der Waals surface area contributed by atoms with Crippen molar-refractivity contribution in [2.75, 3.05) is 7.11 Å². The molecule has 4 heteroatoms. The molecule has 1 saturated carbocycles. The van der Waals surface area contributed by atoms with E-state index in [4.69, 9.17) is 4.74 Å². The molecule has 18 heavy (non-hydrogen) atoms. The van der Waals surface area contributed by atoms with Gasteiger partial charge in [-0.3, -0.25) is 4.79 Å². The Labute approximate surface area is 107 Å². The predicted octanol–water partition coefficient (Wildman–Crippen LogP) is 2.32. The third-order valence-corrected chi connectivity index (χ3v) is 3.68. The van der Waals surface area contributed by atoms with E-state index in [0.29, 0.717) is 11.7 Å². The molecule has 1 aromatic carbocycles. The van der Waals surface area contributed by atoms with Crippen LogP contribution in [0.1, 0.15) is 36.5 Å². The molecule has 0 spiro atoms. The molecule has 1 fully saturated rings. The molecule has 0 radical (unpaired) electrons. The van der Waals surface area contributed by atoms with E-state index in [-0.39, 0.29) is 23.3 Å². The fourth-order valence-corrected chi connectivity index (χ4v) is 2.21. The molecule has 0 aliphatic heterocycles. The number of hydrogen-bond donors (Lipinski definition) is 2. The zero-order valence-corrected chi connectivity index (χ0v) is 10.8. The van der Waals surface area contributed by atoms with Crippen molar-refractivity contribution in [2.45, 2.75) is 32.2 Å². The van der Waals surface area contributed by atoms with Crippen LogP contribution >= 0.6 is 0 Å². The second-order valence-electron chi connectivity index (χ2n) is 4.81. The maximum Gasteiger partial charge on any atom is 0.255 e. The summed E-state index contributed by atoms with van der Waals surface area (Å²) < 4.78 is 4.99. The largest absolute Gasteiger partial charge is 0.504 e. The first-order chi connectivity index (χ1) is 8.63. The minimum absolute atomic E-state index is 0.0988. The van der Waals surface area contributed by atoms with Gasteiger partial charge in [-0.1, -0.05) is 12.5 Å². The van der Waals surface area contributed by atoms with Crippen LogP contribution in [0, 0.1) is 5.92 Å². The summed E-state index contributed by atoms with van der Waals surface area (Å²) >= 11 is 0. The van der Waals surface area contributed by atoms with Crippen molar-refractivity contribution in [1.82, 2.24) is 5.32 Å². The van der Waals surface area contributed by atoms with Crippen molar-refractivity contribution >= 4 is 5.91 Å². The number of carbonyl (C=O) groups is 1. The van der Waals surface area contributed by atoms with E-state index in [2.05, 4.69) is 5.32 Å². The fraction of sp³-hybridized carbons (Fsp3) is 0.500. The molecular weight excluding hydrogens is 230 g/mol. The summed E-state index contributed by atoms with van der Waals surface area (Å²) in [5, 5.41) is 12.8. The number of methoxy groups -OCH3 is 1. The molecule has 1 atom stereocenters. The highest BCUT2D eigenvalue weighted by atomic mass is 16.5. The van der Waals surface area contributed by atoms with Crippen molar-refractivity contribution in [3.8, 4) is 11.5 Å². The molecule has 1 aromatic rings. The van der Waals surface area contributed by atoms with Gasteiger partial charge in [-0.25, -0.2) is 0 Å². The maximum absolute atomic E-state index is 12.1. The molecule has 1 amide bonds. The molecule has 0 heterocycles. The number of ether oxygens (including phenoxy) is 1. The van der Waals surface area contributed by atoms with E-state index in [1.807, 2.05) is 6.92 Å². The van der Waals surface area contributed by atoms with Crippen LogP contribution in [0.4, 0.5) is 0 Å². The number of phenolic OH excluding ortho intramolecular Hbond substituents is 1. The van der Waals surface area contributed by atoms with Crippen LogP contribution in [0.25, 0.3) is 0 Å². The lowest BCUT2D eigenvalue weighted by Crippen LogP contribution is -2.40. The van der Waals surface area contributed by atoms with Gasteiger partial charge in [0.15, 0.2) is 11.5 Å². The van der Waals surface area contributed by atoms with Crippen molar-refractivity contribution in [2.24, 2.45) is 5.92 Å². The Hall–Kier alpha value is -1.71. The molecule has 2 rings (SSSR count). The average Bonchev–Trinajstić information content (AvgIpc) is 2.26. The zero-order valence-electron chi connectivity index (χ0n) is 10.8. The Morgan fingerprint density at radius 1 is 1.50 bits per heavy atom. The summed E-state index contributed by atoms with van der Waals surface area (Å²) in [6.45, 7) is 2.01. The first kappa shape index (κ1) is 12.7. The van der Waals surface area contributed by atoms with E-state index >= 15 is 0 Å². The SMILES string of the molecule is COc1cccc(C(=O)NC(C)C2CCC2)c1O. The molecule has 4 nitrogen and oxygen atoms in total. The van der Waals surface area contributed by atoms with Crippen molar-refractivity contribution in [1.29, 1.82) is 0 Å². The molecule has 1 aliphatic carbocycles. The number of nitrogens with one attached hydrogen (secondary N) is 1. The zero-order chi connectivity index (χ0) is 13.1. The molecule has 98 valence electrons. The number of rotatable bonds is 4. The Bertz CT molecular complexity index is 441. The normalized spacial score (nSPS) is 16.8. The number of phenols is 1. The number of benzene rings is 1. The van der Waals surface area contributed by atoms with Crippen LogP contribution in [0.2, 0.25) is 0 Å². The Kier molecular flexibility index (Phi) is 3.75. The lowest BCUT2D eigenvalue weighted by molar-refractivity contribution is 0.0906. The molecule has 1 aliphatic rings. The predicted molar refractivity (Wildman–Crippen MR) is 68.9 cm³/mol. The molecule has 0 saturated heterocycles. The quantitative estimate of drug-likeness (QED) is 0.861. The molecule has 2 N–H and O–H groups in total. The highest BCUT2D eigenvalue weighted by molar-refractivity contribution is 5.97. The number of amides is 1. The molecule has 0 bridgehead atoms. The number of para-hydroxylation sites is 1. The van der Waals surface area contributed by atoms with E-state index < -0.39 is 0 Å². The number of aromatic hydroxyl groups is 1. The van der Waals surface area contributed by atoms with Gasteiger partial charge < -0.3 is 15.2 Å². The van der Waals surface area contributed by atoms with Crippen LogP contribution in [-0.4, -0.2) is 24.2 Å². The number of hydrogen-bond acceptors (Lipinski definition) is 3. The van der Waals surface area contributed by atoms with Crippen LogP contribution in [-0.2, 0) is 0 Å². The van der Waals surface area contributed by atoms with Gasteiger partial charge in [-0.2, -0.15) is 0 Å². The topological polar surface area (TPSA) is 58.6 Å².